The van der Waals surface area contributed by atoms with Crippen molar-refractivity contribution < 1.29 is 13.2 Å². The molecule has 2 rings (SSSR count). The van der Waals surface area contributed by atoms with Gasteiger partial charge in [-0.3, -0.25) is 4.57 Å². The fraction of sp³-hybridized carbons (Fsp3) is 0.0909. The lowest BCUT2D eigenvalue weighted by Gasteiger charge is -2.09. The Bertz CT molecular complexity index is 561. The number of alkyl halides is 3. The largest absolute Gasteiger partial charge is 0.418 e. The minimum Gasteiger partial charge on any atom is -0.297 e. The molecular formula is C11H7ClF3N3. The van der Waals surface area contributed by atoms with Gasteiger partial charge < -0.3 is 0 Å². The van der Waals surface area contributed by atoms with E-state index in [1.54, 1.807) is 6.20 Å². The molecule has 0 radical (unpaired) electrons. The van der Waals surface area contributed by atoms with E-state index in [-0.39, 0.29) is 10.7 Å². The molecule has 1 heterocycles. The molecule has 0 saturated carbocycles. The van der Waals surface area contributed by atoms with Crippen molar-refractivity contribution in [3.63, 3.8) is 0 Å². The third-order valence-corrected chi connectivity index (χ3v) is 2.35. The molecule has 0 fully saturated rings. The number of benzene rings is 1. The van der Waals surface area contributed by atoms with Crippen molar-refractivity contribution in [2.24, 2.45) is 4.99 Å². The fourth-order valence-corrected chi connectivity index (χ4v) is 1.49. The van der Waals surface area contributed by atoms with Crippen LogP contribution in [0.5, 0.6) is 0 Å². The smallest absolute Gasteiger partial charge is 0.297 e. The second-order valence-electron chi connectivity index (χ2n) is 3.41. The summed E-state index contributed by atoms with van der Waals surface area (Å²) in [6.07, 6.45) is 1.23. The topological polar surface area (TPSA) is 30.2 Å². The lowest BCUT2D eigenvalue weighted by molar-refractivity contribution is -0.137. The van der Waals surface area contributed by atoms with E-state index in [0.29, 0.717) is 0 Å². The molecule has 0 saturated heterocycles. The van der Waals surface area contributed by atoms with Crippen LogP contribution in [0.3, 0.4) is 0 Å². The van der Waals surface area contributed by atoms with Gasteiger partial charge in [-0.15, -0.1) is 0 Å². The Kier molecular flexibility index (Phi) is 3.38. The van der Waals surface area contributed by atoms with Crippen molar-refractivity contribution in [3.05, 3.63) is 47.5 Å². The highest BCUT2D eigenvalue weighted by Gasteiger charge is 2.33. The Labute approximate surface area is 106 Å². The van der Waals surface area contributed by atoms with Gasteiger partial charge in [-0.25, -0.2) is 9.98 Å². The molecule has 2 aromatic rings. The van der Waals surface area contributed by atoms with Crippen molar-refractivity contribution >= 4 is 23.6 Å². The van der Waals surface area contributed by atoms with Gasteiger partial charge in [0, 0.05) is 17.4 Å². The number of hydrogen-bond donors (Lipinski definition) is 0. The van der Waals surface area contributed by atoms with Crippen molar-refractivity contribution in [2.45, 2.75) is 6.18 Å². The SMILES string of the molecule is FC(F)(F)c1cc(Cl)ccc1N=Cn1ccnc1. The van der Waals surface area contributed by atoms with Crippen molar-refractivity contribution in [2.75, 3.05) is 0 Å². The minimum absolute atomic E-state index is 0.0175. The zero-order valence-electron chi connectivity index (χ0n) is 8.89. The number of aromatic nitrogens is 2. The van der Waals surface area contributed by atoms with Crippen LogP contribution in [0.15, 0.2) is 41.9 Å². The van der Waals surface area contributed by atoms with Gasteiger partial charge in [0.1, 0.15) is 6.34 Å². The summed E-state index contributed by atoms with van der Waals surface area (Å²) in [7, 11) is 0. The molecular weight excluding hydrogens is 267 g/mol. The van der Waals surface area contributed by atoms with Gasteiger partial charge >= 0.3 is 6.18 Å². The molecule has 1 aromatic carbocycles. The first-order chi connectivity index (χ1) is 8.47. The molecule has 1 aromatic heterocycles. The Morgan fingerprint density at radius 2 is 2.11 bits per heavy atom. The fourth-order valence-electron chi connectivity index (χ4n) is 1.31. The van der Waals surface area contributed by atoms with Gasteiger partial charge in [-0.2, -0.15) is 13.2 Å². The number of nitrogens with zero attached hydrogens (tertiary/aromatic N) is 3. The molecule has 0 aliphatic rings. The Morgan fingerprint density at radius 1 is 1.33 bits per heavy atom. The monoisotopic (exact) mass is 273 g/mol. The number of hydrogen-bond acceptors (Lipinski definition) is 2. The van der Waals surface area contributed by atoms with Gasteiger partial charge in [0.2, 0.25) is 0 Å². The summed E-state index contributed by atoms with van der Waals surface area (Å²) in [4.78, 5) is 7.52. The first-order valence-corrected chi connectivity index (χ1v) is 5.23. The summed E-state index contributed by atoms with van der Waals surface area (Å²) in [5.74, 6) is 0. The summed E-state index contributed by atoms with van der Waals surface area (Å²) < 4.78 is 39.7. The highest BCUT2D eigenvalue weighted by Crippen LogP contribution is 2.37. The molecule has 0 aliphatic carbocycles. The average Bonchev–Trinajstić information content (AvgIpc) is 2.79. The Morgan fingerprint density at radius 3 is 2.72 bits per heavy atom. The van der Waals surface area contributed by atoms with E-state index in [1.165, 1.54) is 35.6 Å². The van der Waals surface area contributed by atoms with Crippen LogP contribution in [0.2, 0.25) is 5.02 Å². The molecule has 0 spiro atoms. The minimum atomic E-state index is -4.49. The molecule has 0 atom stereocenters. The quantitative estimate of drug-likeness (QED) is 0.605. The number of imidazole rings is 1. The number of halogens is 4. The second kappa shape index (κ2) is 4.81. The molecule has 0 N–H and O–H groups in total. The van der Waals surface area contributed by atoms with E-state index in [0.717, 1.165) is 6.07 Å². The van der Waals surface area contributed by atoms with Crippen LogP contribution in [0.4, 0.5) is 18.9 Å². The van der Waals surface area contributed by atoms with Crippen LogP contribution in [-0.2, 0) is 6.18 Å². The van der Waals surface area contributed by atoms with Gasteiger partial charge in [-0.1, -0.05) is 11.6 Å². The molecule has 0 bridgehead atoms. The number of aliphatic imine (C=N–C) groups is 1. The van der Waals surface area contributed by atoms with Crippen LogP contribution in [0.1, 0.15) is 5.56 Å². The van der Waals surface area contributed by atoms with Gasteiger partial charge in [0.05, 0.1) is 17.6 Å². The lowest BCUT2D eigenvalue weighted by atomic mass is 10.2. The van der Waals surface area contributed by atoms with Crippen molar-refractivity contribution in [3.8, 4) is 0 Å². The van der Waals surface area contributed by atoms with Crippen LogP contribution < -0.4 is 0 Å². The summed E-state index contributed by atoms with van der Waals surface area (Å²) in [5, 5.41) is 0.0175. The summed E-state index contributed by atoms with van der Waals surface area (Å²) in [6.45, 7) is 0. The zero-order chi connectivity index (χ0) is 13.2. The van der Waals surface area contributed by atoms with E-state index in [2.05, 4.69) is 9.98 Å². The van der Waals surface area contributed by atoms with Crippen molar-refractivity contribution in [1.82, 2.24) is 9.55 Å². The lowest BCUT2D eigenvalue weighted by Crippen LogP contribution is -2.05. The zero-order valence-corrected chi connectivity index (χ0v) is 9.65. The first-order valence-electron chi connectivity index (χ1n) is 4.85. The van der Waals surface area contributed by atoms with Crippen LogP contribution >= 0.6 is 11.6 Å². The molecule has 18 heavy (non-hydrogen) atoms. The van der Waals surface area contributed by atoms with E-state index in [1.807, 2.05) is 0 Å². The third-order valence-electron chi connectivity index (χ3n) is 2.12. The molecule has 94 valence electrons. The molecule has 0 aliphatic heterocycles. The third kappa shape index (κ3) is 2.89. The first kappa shape index (κ1) is 12.6. The second-order valence-corrected chi connectivity index (χ2v) is 3.85. The van der Waals surface area contributed by atoms with Crippen LogP contribution in [0.25, 0.3) is 0 Å². The van der Waals surface area contributed by atoms with Crippen LogP contribution in [-0.4, -0.2) is 15.9 Å². The predicted molar refractivity (Wildman–Crippen MR) is 62.2 cm³/mol. The number of rotatable bonds is 2. The highest BCUT2D eigenvalue weighted by molar-refractivity contribution is 6.30. The van der Waals surface area contributed by atoms with E-state index in [4.69, 9.17) is 11.6 Å². The molecule has 7 heteroatoms. The van der Waals surface area contributed by atoms with E-state index >= 15 is 0 Å². The average molecular weight is 274 g/mol. The molecule has 0 amide bonds. The molecule has 0 unspecified atom stereocenters. The summed E-state index contributed by atoms with van der Waals surface area (Å²) in [5.41, 5.74) is -1.06. The standard InChI is InChI=1S/C11H7ClF3N3/c12-8-1-2-10(9(5-8)11(13,14)15)17-7-18-4-3-16-6-18/h1-7H. The van der Waals surface area contributed by atoms with Crippen molar-refractivity contribution in [1.29, 1.82) is 0 Å². The summed E-state index contributed by atoms with van der Waals surface area (Å²) >= 11 is 5.56. The van der Waals surface area contributed by atoms with Gasteiger partial charge in [-0.05, 0) is 18.2 Å². The maximum absolute atomic E-state index is 12.7. The normalized spacial score (nSPS) is 12.2. The maximum Gasteiger partial charge on any atom is 0.418 e. The van der Waals surface area contributed by atoms with Gasteiger partial charge in [0.25, 0.3) is 0 Å². The summed E-state index contributed by atoms with van der Waals surface area (Å²) in [6, 6.07) is 3.43. The maximum atomic E-state index is 12.7. The predicted octanol–water partition coefficient (Wildman–Crippen LogP) is 3.76. The Hall–Kier alpha value is -1.82. The highest BCUT2D eigenvalue weighted by atomic mass is 35.5. The van der Waals surface area contributed by atoms with Crippen LogP contribution in [0, 0.1) is 0 Å². The molecule has 3 nitrogen and oxygen atoms in total. The Balaban J connectivity index is 2.39. The van der Waals surface area contributed by atoms with Gasteiger partial charge in [0.15, 0.2) is 0 Å². The van der Waals surface area contributed by atoms with E-state index < -0.39 is 11.7 Å². The van der Waals surface area contributed by atoms with E-state index in [9.17, 15) is 13.2 Å².